The molecule has 51 heavy (non-hydrogen) atoms. The van der Waals surface area contributed by atoms with Crippen molar-refractivity contribution in [1.29, 1.82) is 0 Å². The van der Waals surface area contributed by atoms with E-state index in [0.29, 0.717) is 0 Å². The molecule has 13 rings (SSSR count). The topological polar surface area (TPSA) is 87.1 Å². The Balaban J connectivity index is 1.07. The maximum Gasteiger partial charge on any atom is 0.254 e. The molecule has 4 atom stereocenters. The highest BCUT2D eigenvalue weighted by Gasteiger charge is 2.68. The van der Waals surface area contributed by atoms with Crippen LogP contribution < -0.4 is 0 Å². The van der Waals surface area contributed by atoms with Gasteiger partial charge in [-0.25, -0.2) is 0 Å². The van der Waals surface area contributed by atoms with E-state index in [1.807, 2.05) is 103 Å². The lowest BCUT2D eigenvalue weighted by atomic mass is 9.47. The summed E-state index contributed by atoms with van der Waals surface area (Å²) in [5, 5.41) is 5.97. The summed E-state index contributed by atoms with van der Waals surface area (Å²) in [5.74, 6) is -4.50. The van der Waals surface area contributed by atoms with E-state index in [1.54, 1.807) is 6.21 Å². The number of carbonyl (C=O) groups excluding carboxylic acids is 4. The molecule has 6 aliphatic carbocycles. The lowest BCUT2D eigenvalue weighted by Crippen LogP contribution is -2.55. The van der Waals surface area contributed by atoms with Gasteiger partial charge in [-0.05, 0) is 50.1 Å². The molecule has 7 heteroatoms. The van der Waals surface area contributed by atoms with Crippen molar-refractivity contribution in [1.82, 2.24) is 9.91 Å². The lowest BCUT2D eigenvalue weighted by molar-refractivity contribution is -0.141. The number of amides is 4. The number of likely N-dealkylation sites (tertiary alicyclic amines) is 1. The van der Waals surface area contributed by atoms with E-state index in [4.69, 9.17) is 5.10 Å². The molecule has 2 saturated heterocycles. The normalized spacial score (nSPS) is 30.3. The summed E-state index contributed by atoms with van der Waals surface area (Å²) in [7, 11) is 0. The van der Waals surface area contributed by atoms with E-state index >= 15 is 0 Å². The quantitative estimate of drug-likeness (QED) is 0.171. The van der Waals surface area contributed by atoms with Crippen LogP contribution in [0.2, 0.25) is 0 Å². The Labute approximate surface area is 294 Å². The summed E-state index contributed by atoms with van der Waals surface area (Å²) < 4.78 is 0. The van der Waals surface area contributed by atoms with Gasteiger partial charge >= 0.3 is 0 Å². The van der Waals surface area contributed by atoms with Crippen molar-refractivity contribution >= 4 is 29.8 Å². The highest BCUT2D eigenvalue weighted by Crippen LogP contribution is 2.64. The van der Waals surface area contributed by atoms with Gasteiger partial charge in [0.1, 0.15) is 0 Å². The second-order valence-corrected chi connectivity index (χ2v) is 14.8. The maximum absolute atomic E-state index is 14.7. The van der Waals surface area contributed by atoms with Gasteiger partial charge in [-0.2, -0.15) is 10.1 Å². The standard InChI is InChI=1S/C44H31N3O4/c48-40-38-35-29-18-8-10-20-31(29)44(32-21-11-9-19-30(32)35,39(38)43(51)46(40)22-24-12-2-1-3-13-24)23-45-47-41(49)36-33-25-14-4-5-15-26(25)34(37(36)42(47)50)28-17-7-6-16-27(28)33/h1-21,23,33-39H,22H2/b45-23-/t33?,34?,35?,36-,37+,38-,39-,44?/m1/s1. The minimum atomic E-state index is -1.18. The van der Waals surface area contributed by atoms with Gasteiger partial charge < -0.3 is 0 Å². The van der Waals surface area contributed by atoms with Gasteiger partial charge in [0.15, 0.2) is 0 Å². The summed E-state index contributed by atoms with van der Waals surface area (Å²) in [6.45, 7) is 0.175. The zero-order valence-electron chi connectivity index (χ0n) is 27.4. The van der Waals surface area contributed by atoms with Crippen LogP contribution in [0.1, 0.15) is 67.8 Å². The number of hydrazone groups is 1. The van der Waals surface area contributed by atoms with E-state index in [0.717, 1.165) is 55.1 Å². The van der Waals surface area contributed by atoms with Crippen molar-refractivity contribution in [2.75, 3.05) is 0 Å². The molecule has 4 bridgehead atoms. The predicted molar refractivity (Wildman–Crippen MR) is 188 cm³/mol. The zero-order chi connectivity index (χ0) is 34.2. The third-order valence-corrected chi connectivity index (χ3v) is 12.8. The number of rotatable bonds is 4. The number of nitrogens with zero attached hydrogens (tertiary/aromatic N) is 3. The minimum Gasteiger partial charge on any atom is -0.278 e. The Bertz CT molecular complexity index is 2260. The first-order valence-corrected chi connectivity index (χ1v) is 17.7. The third kappa shape index (κ3) is 3.46. The smallest absolute Gasteiger partial charge is 0.254 e. The van der Waals surface area contributed by atoms with Gasteiger partial charge in [-0.3, -0.25) is 24.1 Å². The van der Waals surface area contributed by atoms with E-state index < -0.39 is 29.1 Å². The first-order valence-electron chi connectivity index (χ1n) is 17.7. The molecule has 0 spiro atoms. The monoisotopic (exact) mass is 665 g/mol. The van der Waals surface area contributed by atoms with Crippen LogP contribution in [0.5, 0.6) is 0 Å². The molecule has 5 aromatic rings. The number of hydrogen-bond acceptors (Lipinski definition) is 5. The van der Waals surface area contributed by atoms with Gasteiger partial charge in [0.25, 0.3) is 11.8 Å². The Hall–Kier alpha value is -5.95. The first kappa shape index (κ1) is 28.8. The second kappa shape index (κ2) is 10.1. The molecule has 2 heterocycles. The molecule has 246 valence electrons. The van der Waals surface area contributed by atoms with E-state index in [9.17, 15) is 19.2 Å². The summed E-state index contributed by atoms with van der Waals surface area (Å²) in [6.07, 6.45) is 1.67. The average Bonchev–Trinajstić information content (AvgIpc) is 3.59. The molecule has 2 fully saturated rings. The number of carbonyl (C=O) groups is 4. The van der Waals surface area contributed by atoms with Crippen LogP contribution in [0.15, 0.2) is 132 Å². The highest BCUT2D eigenvalue weighted by atomic mass is 16.2. The molecule has 2 aliphatic heterocycles. The van der Waals surface area contributed by atoms with Crippen LogP contribution in [0.3, 0.4) is 0 Å². The van der Waals surface area contributed by atoms with Gasteiger partial charge in [-0.15, -0.1) is 0 Å². The Morgan fingerprint density at radius 1 is 0.490 bits per heavy atom. The average molecular weight is 666 g/mol. The highest BCUT2D eigenvalue weighted by molar-refractivity contribution is 6.12. The summed E-state index contributed by atoms with van der Waals surface area (Å²) >= 11 is 0. The molecule has 7 nitrogen and oxygen atoms in total. The van der Waals surface area contributed by atoms with Gasteiger partial charge in [-0.1, -0.05) is 127 Å². The van der Waals surface area contributed by atoms with Crippen molar-refractivity contribution < 1.29 is 19.2 Å². The Morgan fingerprint density at radius 2 is 0.922 bits per heavy atom. The lowest BCUT2D eigenvalue weighted by Gasteiger charge is -2.52. The fourth-order valence-corrected chi connectivity index (χ4v) is 11.0. The predicted octanol–water partition coefficient (Wildman–Crippen LogP) is 6.11. The molecule has 0 saturated carbocycles. The molecule has 4 amide bonds. The summed E-state index contributed by atoms with van der Waals surface area (Å²) in [6, 6.07) is 41.8. The molecule has 5 aromatic carbocycles. The molecule has 0 unspecified atom stereocenters. The molecule has 0 aromatic heterocycles. The molecule has 0 radical (unpaired) electrons. The van der Waals surface area contributed by atoms with Gasteiger partial charge in [0, 0.05) is 24.0 Å². The Morgan fingerprint density at radius 3 is 1.43 bits per heavy atom. The zero-order valence-corrected chi connectivity index (χ0v) is 27.4. The van der Waals surface area contributed by atoms with Crippen LogP contribution in [0, 0.1) is 23.7 Å². The van der Waals surface area contributed by atoms with Crippen LogP contribution in [0.4, 0.5) is 0 Å². The molecular weight excluding hydrogens is 635 g/mol. The van der Waals surface area contributed by atoms with Gasteiger partial charge in [0.05, 0.1) is 35.6 Å². The molecule has 0 N–H and O–H groups in total. The molecule has 8 aliphatic rings. The maximum atomic E-state index is 14.7. The van der Waals surface area contributed by atoms with Crippen LogP contribution >= 0.6 is 0 Å². The number of imide groups is 2. The van der Waals surface area contributed by atoms with E-state index in [1.165, 1.54) is 4.90 Å². The van der Waals surface area contributed by atoms with Crippen molar-refractivity contribution in [3.05, 3.63) is 177 Å². The van der Waals surface area contributed by atoms with Crippen molar-refractivity contribution in [2.45, 2.75) is 29.7 Å². The van der Waals surface area contributed by atoms with E-state index in [2.05, 4.69) is 24.3 Å². The van der Waals surface area contributed by atoms with Crippen molar-refractivity contribution in [3.63, 3.8) is 0 Å². The SMILES string of the molecule is O=C1[C@@H]2C3c4ccccc4C(/C=N\N4C(=O)[C@@H]5C6c7ccccc7C(c7ccccc76)[C@@H]5C4=O)(c4ccccc43)[C@H]2C(=O)N1Cc1ccccc1. The van der Waals surface area contributed by atoms with Crippen LogP contribution in [-0.4, -0.2) is 39.8 Å². The minimum absolute atomic E-state index is 0.175. The number of hydrogen-bond donors (Lipinski definition) is 0. The summed E-state index contributed by atoms with van der Waals surface area (Å²) in [4.78, 5) is 59.8. The van der Waals surface area contributed by atoms with Crippen molar-refractivity contribution in [3.8, 4) is 0 Å². The third-order valence-electron chi connectivity index (χ3n) is 12.8. The van der Waals surface area contributed by atoms with Crippen LogP contribution in [0.25, 0.3) is 0 Å². The van der Waals surface area contributed by atoms with Crippen LogP contribution in [-0.2, 0) is 31.1 Å². The van der Waals surface area contributed by atoms with Gasteiger partial charge in [0.2, 0.25) is 11.8 Å². The largest absolute Gasteiger partial charge is 0.278 e. The molecular formula is C44H31N3O4. The second-order valence-electron chi connectivity index (χ2n) is 14.8. The van der Waals surface area contributed by atoms with E-state index in [-0.39, 0.29) is 47.9 Å². The first-order chi connectivity index (χ1) is 25.0. The fourth-order valence-electron chi connectivity index (χ4n) is 11.0. The Kier molecular flexibility index (Phi) is 5.69. The fraction of sp³-hybridized carbons (Fsp3) is 0.205. The number of benzene rings is 5. The summed E-state index contributed by atoms with van der Waals surface area (Å²) in [5.41, 5.74) is 7.80. The van der Waals surface area contributed by atoms with Crippen molar-refractivity contribution in [2.24, 2.45) is 28.8 Å².